The van der Waals surface area contributed by atoms with Crippen molar-refractivity contribution in [1.82, 2.24) is 0 Å². The fourth-order valence-corrected chi connectivity index (χ4v) is 2.09. The van der Waals surface area contributed by atoms with Gasteiger partial charge in [-0.2, -0.15) is 13.2 Å². The zero-order valence-electron chi connectivity index (χ0n) is 10.4. The van der Waals surface area contributed by atoms with E-state index in [1.54, 1.807) is 0 Å². The molecule has 7 heteroatoms. The molecule has 0 amide bonds. The maximum absolute atomic E-state index is 12.5. The molecule has 3 N–H and O–H groups in total. The van der Waals surface area contributed by atoms with Crippen molar-refractivity contribution in [3.63, 3.8) is 0 Å². The number of nitrogens with two attached hydrogens (primary N) is 1. The predicted molar refractivity (Wildman–Crippen MR) is 73.3 cm³/mol. The number of carboxylic acid groups (broad SMARTS) is 1. The molecule has 0 aliphatic heterocycles. The molecular weight excluding hydrogens is 307 g/mol. The maximum Gasteiger partial charge on any atom is 0.416 e. The molecule has 0 unspecified atom stereocenters. The molecule has 0 saturated carbocycles. The average Bonchev–Trinajstić information content (AvgIpc) is 2.40. The van der Waals surface area contributed by atoms with Crippen LogP contribution in [0.25, 0.3) is 11.1 Å². The number of hydrogen-bond donors (Lipinski definition) is 2. The molecule has 3 nitrogen and oxygen atoms in total. The van der Waals surface area contributed by atoms with Crippen LogP contribution in [0.2, 0.25) is 5.02 Å². The van der Waals surface area contributed by atoms with Crippen LogP contribution in [-0.4, -0.2) is 11.1 Å². The Labute approximate surface area is 122 Å². The first-order chi connectivity index (χ1) is 9.70. The number of alkyl halides is 3. The summed E-state index contributed by atoms with van der Waals surface area (Å²) in [5, 5.41) is 9.16. The molecule has 0 aliphatic rings. The number of carbonyl (C=O) groups is 1. The van der Waals surface area contributed by atoms with Crippen molar-refractivity contribution in [3.05, 3.63) is 52.5 Å². The van der Waals surface area contributed by atoms with Crippen LogP contribution in [0.1, 0.15) is 15.9 Å². The lowest BCUT2D eigenvalue weighted by molar-refractivity contribution is -0.137. The van der Waals surface area contributed by atoms with E-state index in [-0.39, 0.29) is 21.8 Å². The van der Waals surface area contributed by atoms with Crippen LogP contribution in [0.3, 0.4) is 0 Å². The third kappa shape index (κ3) is 3.11. The van der Waals surface area contributed by atoms with Crippen LogP contribution in [0.5, 0.6) is 0 Å². The lowest BCUT2D eigenvalue weighted by Gasteiger charge is -2.11. The molecule has 110 valence electrons. The topological polar surface area (TPSA) is 63.3 Å². The van der Waals surface area contributed by atoms with E-state index in [1.165, 1.54) is 24.3 Å². The minimum Gasteiger partial charge on any atom is -0.478 e. The summed E-state index contributed by atoms with van der Waals surface area (Å²) < 4.78 is 37.5. The molecule has 0 bridgehead atoms. The lowest BCUT2D eigenvalue weighted by atomic mass is 9.99. The minimum atomic E-state index is -4.44. The molecule has 2 rings (SSSR count). The summed E-state index contributed by atoms with van der Waals surface area (Å²) in [6.45, 7) is 0. The Balaban J connectivity index is 2.54. The molecule has 0 fully saturated rings. The summed E-state index contributed by atoms with van der Waals surface area (Å²) in [5.74, 6) is -1.26. The number of halogens is 4. The molecule has 0 atom stereocenters. The number of anilines is 1. The third-order valence-electron chi connectivity index (χ3n) is 2.90. The summed E-state index contributed by atoms with van der Waals surface area (Å²) >= 11 is 5.82. The van der Waals surface area contributed by atoms with E-state index in [4.69, 9.17) is 22.4 Å². The highest BCUT2D eigenvalue weighted by Gasteiger charge is 2.30. The van der Waals surface area contributed by atoms with Gasteiger partial charge in [0.15, 0.2) is 0 Å². The van der Waals surface area contributed by atoms with Gasteiger partial charge in [0.25, 0.3) is 0 Å². The first-order valence-electron chi connectivity index (χ1n) is 5.70. The van der Waals surface area contributed by atoms with Gasteiger partial charge in [0, 0.05) is 10.6 Å². The number of rotatable bonds is 2. The Kier molecular flexibility index (Phi) is 3.82. The highest BCUT2D eigenvalue weighted by molar-refractivity contribution is 6.31. The van der Waals surface area contributed by atoms with Gasteiger partial charge in [-0.05, 0) is 29.8 Å². The summed E-state index contributed by atoms with van der Waals surface area (Å²) in [4.78, 5) is 11.1. The molecular formula is C14H9ClF3NO2. The Hall–Kier alpha value is -2.21. The largest absolute Gasteiger partial charge is 0.478 e. The van der Waals surface area contributed by atoms with Crippen molar-refractivity contribution in [3.8, 4) is 11.1 Å². The van der Waals surface area contributed by atoms with Crippen LogP contribution < -0.4 is 5.73 Å². The SMILES string of the molecule is Nc1c(C(=O)O)cc(Cl)cc1-c1ccc(C(F)(F)F)cc1. The lowest BCUT2D eigenvalue weighted by Crippen LogP contribution is -2.05. The minimum absolute atomic E-state index is 0.0494. The number of hydrogen-bond acceptors (Lipinski definition) is 2. The molecule has 0 aromatic heterocycles. The quantitative estimate of drug-likeness (QED) is 0.812. The summed E-state index contributed by atoms with van der Waals surface area (Å²) in [6.07, 6.45) is -4.44. The van der Waals surface area contributed by atoms with Crippen LogP contribution in [0.15, 0.2) is 36.4 Å². The molecule has 0 spiro atoms. The number of nitrogen functional groups attached to an aromatic ring is 1. The fraction of sp³-hybridized carbons (Fsp3) is 0.0714. The zero-order valence-corrected chi connectivity index (χ0v) is 11.2. The van der Waals surface area contributed by atoms with Gasteiger partial charge in [-0.3, -0.25) is 0 Å². The van der Waals surface area contributed by atoms with E-state index in [0.29, 0.717) is 5.56 Å². The molecule has 0 saturated heterocycles. The Bertz CT molecular complexity index is 697. The first kappa shape index (κ1) is 15.2. The van der Waals surface area contributed by atoms with E-state index in [9.17, 15) is 18.0 Å². The normalized spacial score (nSPS) is 11.4. The summed E-state index contributed by atoms with van der Waals surface area (Å²) in [7, 11) is 0. The van der Waals surface area contributed by atoms with Gasteiger partial charge in [-0.25, -0.2) is 4.79 Å². The van der Waals surface area contributed by atoms with Crippen molar-refractivity contribution >= 4 is 23.3 Å². The van der Waals surface area contributed by atoms with Crippen molar-refractivity contribution < 1.29 is 23.1 Å². The summed E-state index contributed by atoms with van der Waals surface area (Å²) in [5.41, 5.74) is 5.32. The first-order valence-corrected chi connectivity index (χ1v) is 6.08. The second-order valence-electron chi connectivity index (χ2n) is 4.29. The average molecular weight is 316 g/mol. The van der Waals surface area contributed by atoms with Gasteiger partial charge in [0.2, 0.25) is 0 Å². The van der Waals surface area contributed by atoms with Crippen LogP contribution >= 0.6 is 11.6 Å². The van der Waals surface area contributed by atoms with E-state index >= 15 is 0 Å². The van der Waals surface area contributed by atoms with E-state index in [1.807, 2.05) is 0 Å². The van der Waals surface area contributed by atoms with E-state index in [2.05, 4.69) is 0 Å². The Morgan fingerprint density at radius 1 is 1.14 bits per heavy atom. The van der Waals surface area contributed by atoms with E-state index < -0.39 is 17.7 Å². The third-order valence-corrected chi connectivity index (χ3v) is 3.12. The zero-order chi connectivity index (χ0) is 15.8. The summed E-state index contributed by atoms with van der Waals surface area (Å²) in [6, 6.07) is 6.83. The van der Waals surface area contributed by atoms with E-state index in [0.717, 1.165) is 12.1 Å². The van der Waals surface area contributed by atoms with Crippen molar-refractivity contribution in [1.29, 1.82) is 0 Å². The number of benzene rings is 2. The smallest absolute Gasteiger partial charge is 0.416 e. The van der Waals surface area contributed by atoms with Gasteiger partial charge in [0.05, 0.1) is 16.8 Å². The molecule has 0 heterocycles. The van der Waals surface area contributed by atoms with Crippen LogP contribution in [0, 0.1) is 0 Å². The van der Waals surface area contributed by atoms with Gasteiger partial charge in [-0.1, -0.05) is 23.7 Å². The Morgan fingerprint density at radius 3 is 2.19 bits per heavy atom. The standard InChI is InChI=1S/C14H9ClF3NO2/c15-9-5-10(12(19)11(6-9)13(20)21)7-1-3-8(4-2-7)14(16,17)18/h1-6H,19H2,(H,20,21). The highest BCUT2D eigenvalue weighted by atomic mass is 35.5. The van der Waals surface area contributed by atoms with Gasteiger partial charge < -0.3 is 10.8 Å². The molecule has 21 heavy (non-hydrogen) atoms. The van der Waals surface area contributed by atoms with Crippen molar-refractivity contribution in [2.45, 2.75) is 6.18 Å². The monoisotopic (exact) mass is 315 g/mol. The molecule has 0 aliphatic carbocycles. The molecule has 2 aromatic rings. The van der Waals surface area contributed by atoms with Crippen molar-refractivity contribution in [2.75, 3.05) is 5.73 Å². The second kappa shape index (κ2) is 5.29. The number of carboxylic acids is 1. The molecule has 0 radical (unpaired) electrons. The van der Waals surface area contributed by atoms with Gasteiger partial charge in [-0.15, -0.1) is 0 Å². The highest BCUT2D eigenvalue weighted by Crippen LogP contribution is 2.35. The fourth-order valence-electron chi connectivity index (χ4n) is 1.87. The van der Waals surface area contributed by atoms with Crippen molar-refractivity contribution in [2.24, 2.45) is 0 Å². The van der Waals surface area contributed by atoms with Crippen LogP contribution in [0.4, 0.5) is 18.9 Å². The predicted octanol–water partition coefficient (Wildman–Crippen LogP) is 4.31. The number of aromatic carboxylic acids is 1. The second-order valence-corrected chi connectivity index (χ2v) is 4.73. The molecule has 2 aromatic carbocycles. The van der Waals surface area contributed by atoms with Crippen LogP contribution in [-0.2, 0) is 6.18 Å². The van der Waals surface area contributed by atoms with Gasteiger partial charge in [0.1, 0.15) is 0 Å². The van der Waals surface area contributed by atoms with Gasteiger partial charge >= 0.3 is 12.1 Å². The Morgan fingerprint density at radius 2 is 1.71 bits per heavy atom. The maximum atomic E-state index is 12.5.